The quantitative estimate of drug-likeness (QED) is 0.738. The summed E-state index contributed by atoms with van der Waals surface area (Å²) in [6.07, 6.45) is -3.91. The maximum absolute atomic E-state index is 12.1. The second-order valence-corrected chi connectivity index (χ2v) is 3.93. The number of rotatable bonds is 2. The van der Waals surface area contributed by atoms with Gasteiger partial charge in [0.2, 0.25) is 0 Å². The van der Waals surface area contributed by atoms with Gasteiger partial charge in [-0.1, -0.05) is 0 Å². The molecule has 2 atom stereocenters. The van der Waals surface area contributed by atoms with E-state index in [1.54, 1.807) is 13.8 Å². The molecule has 2 fully saturated rings. The molecule has 0 saturated carbocycles. The molecule has 2 unspecified atom stereocenters. The summed E-state index contributed by atoms with van der Waals surface area (Å²) >= 11 is 0. The molecule has 0 aromatic carbocycles. The molecule has 2 heterocycles. The van der Waals surface area contributed by atoms with Gasteiger partial charge in [0.25, 0.3) is 0 Å². The minimum Gasteiger partial charge on any atom is -0.449 e. The molecule has 2 saturated heterocycles. The number of carbonyl (C=O) groups excluding carboxylic acids is 4. The monoisotopic (exact) mass is 286 g/mol. The average molecular weight is 286 g/mol. The van der Waals surface area contributed by atoms with Crippen molar-refractivity contribution < 1.29 is 28.7 Å². The van der Waals surface area contributed by atoms with Crippen molar-refractivity contribution in [3.63, 3.8) is 0 Å². The van der Waals surface area contributed by atoms with Crippen molar-refractivity contribution in [1.29, 1.82) is 0 Å². The normalized spacial score (nSPS) is 24.1. The van der Waals surface area contributed by atoms with Gasteiger partial charge in [0, 0.05) is 0 Å². The number of imide groups is 2. The van der Waals surface area contributed by atoms with E-state index in [0.717, 1.165) is 0 Å². The number of hydrogen-bond acceptors (Lipinski definition) is 6. The third kappa shape index (κ3) is 2.08. The second-order valence-electron chi connectivity index (χ2n) is 3.93. The van der Waals surface area contributed by atoms with Crippen LogP contribution >= 0.6 is 0 Å². The largest absolute Gasteiger partial charge is 0.449 e. The first-order valence-electron chi connectivity index (χ1n) is 6.04. The Balaban J connectivity index is 2.27. The lowest BCUT2D eigenvalue weighted by molar-refractivity contribution is 0.104. The molecule has 2 N–H and O–H groups in total. The van der Waals surface area contributed by atoms with Gasteiger partial charge in [0.1, 0.15) is 0 Å². The number of carbonyl (C=O) groups is 4. The van der Waals surface area contributed by atoms with Gasteiger partial charge in [-0.2, -0.15) is 0 Å². The van der Waals surface area contributed by atoms with Gasteiger partial charge >= 0.3 is 24.2 Å². The molecule has 0 bridgehead atoms. The highest BCUT2D eigenvalue weighted by atomic mass is 16.6. The molecule has 110 valence electrons. The van der Waals surface area contributed by atoms with Gasteiger partial charge in [-0.15, -0.1) is 0 Å². The van der Waals surface area contributed by atoms with Crippen LogP contribution in [0.5, 0.6) is 0 Å². The van der Waals surface area contributed by atoms with Gasteiger partial charge in [0.15, 0.2) is 12.3 Å². The van der Waals surface area contributed by atoms with Gasteiger partial charge in [0.05, 0.1) is 13.2 Å². The smallest absolute Gasteiger partial charge is 0.419 e. The van der Waals surface area contributed by atoms with E-state index >= 15 is 0 Å². The Morgan fingerprint density at radius 1 is 1.00 bits per heavy atom. The maximum Gasteiger partial charge on any atom is 0.419 e. The van der Waals surface area contributed by atoms with Crippen molar-refractivity contribution in [3.8, 4) is 0 Å². The molecule has 2 aliphatic heterocycles. The Morgan fingerprint density at radius 2 is 1.40 bits per heavy atom. The minimum atomic E-state index is -1.02. The molecular formula is C10H14N4O6. The molecule has 10 nitrogen and oxygen atoms in total. The Kier molecular flexibility index (Phi) is 3.63. The first kappa shape index (κ1) is 13.9. The van der Waals surface area contributed by atoms with Crippen LogP contribution in [0.15, 0.2) is 0 Å². The molecule has 0 aliphatic carbocycles. The molecule has 2 rings (SSSR count). The predicted octanol–water partition coefficient (Wildman–Crippen LogP) is 0.00200. The second kappa shape index (κ2) is 5.23. The molecule has 0 aromatic rings. The Bertz CT molecular complexity index is 429. The molecule has 20 heavy (non-hydrogen) atoms. The average Bonchev–Trinajstić information content (AvgIpc) is 2.83. The van der Waals surface area contributed by atoms with Crippen molar-refractivity contribution in [1.82, 2.24) is 20.4 Å². The maximum atomic E-state index is 12.1. The fourth-order valence-electron chi connectivity index (χ4n) is 2.00. The highest BCUT2D eigenvalue weighted by Crippen LogP contribution is 2.24. The van der Waals surface area contributed by atoms with E-state index in [1.165, 1.54) is 0 Å². The summed E-state index contributed by atoms with van der Waals surface area (Å²) in [5.74, 6) is 0. The van der Waals surface area contributed by atoms with Gasteiger partial charge in [-0.25, -0.2) is 29.0 Å². The first-order chi connectivity index (χ1) is 9.51. The first-order valence-corrected chi connectivity index (χ1v) is 6.04. The SMILES string of the molecule is CCOC(=O)N1C(=O)N(C(=O)OCC)C2NC(=O)NC21. The van der Waals surface area contributed by atoms with Crippen LogP contribution in [0.2, 0.25) is 0 Å². The van der Waals surface area contributed by atoms with E-state index < -0.39 is 36.6 Å². The highest BCUT2D eigenvalue weighted by molar-refractivity contribution is 6.03. The van der Waals surface area contributed by atoms with Crippen LogP contribution in [0.25, 0.3) is 0 Å². The van der Waals surface area contributed by atoms with Crippen LogP contribution in [0.3, 0.4) is 0 Å². The van der Waals surface area contributed by atoms with Crippen LogP contribution in [0.4, 0.5) is 19.2 Å². The van der Waals surface area contributed by atoms with Crippen molar-refractivity contribution in [2.75, 3.05) is 13.2 Å². The Hall–Kier alpha value is -2.52. The summed E-state index contributed by atoms with van der Waals surface area (Å²) in [5, 5.41) is 4.73. The fourth-order valence-corrected chi connectivity index (χ4v) is 2.00. The molecule has 0 aromatic heterocycles. The van der Waals surface area contributed by atoms with E-state index in [0.29, 0.717) is 9.80 Å². The third-order valence-corrected chi connectivity index (χ3v) is 2.75. The summed E-state index contributed by atoms with van der Waals surface area (Å²) in [7, 11) is 0. The van der Waals surface area contributed by atoms with E-state index in [2.05, 4.69) is 10.6 Å². The third-order valence-electron chi connectivity index (χ3n) is 2.75. The highest BCUT2D eigenvalue weighted by Gasteiger charge is 2.57. The summed E-state index contributed by atoms with van der Waals surface area (Å²) in [6, 6.07) is -1.51. The predicted molar refractivity (Wildman–Crippen MR) is 62.4 cm³/mol. The number of nitrogens with one attached hydrogen (secondary N) is 2. The van der Waals surface area contributed by atoms with E-state index in [1.807, 2.05) is 0 Å². The number of amides is 6. The van der Waals surface area contributed by atoms with Gasteiger partial charge in [-0.3, -0.25) is 0 Å². The molecule has 2 aliphatic rings. The van der Waals surface area contributed by atoms with Crippen molar-refractivity contribution in [3.05, 3.63) is 0 Å². The zero-order chi connectivity index (χ0) is 14.9. The zero-order valence-corrected chi connectivity index (χ0v) is 10.9. The topological polar surface area (TPSA) is 117 Å². The molecular weight excluding hydrogens is 272 g/mol. The number of hydrogen-bond donors (Lipinski definition) is 2. The lowest BCUT2D eigenvalue weighted by atomic mass is 10.4. The van der Waals surface area contributed by atoms with Crippen LogP contribution in [-0.2, 0) is 9.47 Å². The zero-order valence-electron chi connectivity index (χ0n) is 10.9. The van der Waals surface area contributed by atoms with E-state index in [4.69, 9.17) is 9.47 Å². The minimum absolute atomic E-state index is 0.0563. The number of urea groups is 2. The van der Waals surface area contributed by atoms with E-state index in [9.17, 15) is 19.2 Å². The summed E-state index contributed by atoms with van der Waals surface area (Å²) in [6.45, 7) is 3.26. The lowest BCUT2D eigenvalue weighted by Gasteiger charge is -2.18. The number of ether oxygens (including phenoxy) is 2. The van der Waals surface area contributed by atoms with Crippen LogP contribution < -0.4 is 10.6 Å². The standard InChI is InChI=1S/C10H14N4O6/c1-3-19-9(17)13-5-6(12-7(15)11-5)14(8(13)16)10(18)20-4-2/h5-6H,3-4H2,1-2H3,(H2,11,12,15). The number of fused-ring (bicyclic) bond motifs is 1. The molecule has 0 radical (unpaired) electrons. The van der Waals surface area contributed by atoms with Gasteiger partial charge in [-0.05, 0) is 13.8 Å². The lowest BCUT2D eigenvalue weighted by Crippen LogP contribution is -2.47. The fraction of sp³-hybridized carbons (Fsp3) is 0.600. The molecule has 0 spiro atoms. The Morgan fingerprint density at radius 3 is 1.75 bits per heavy atom. The van der Waals surface area contributed by atoms with Crippen molar-refractivity contribution >= 4 is 24.2 Å². The molecule has 10 heteroatoms. The van der Waals surface area contributed by atoms with Crippen LogP contribution in [0, 0.1) is 0 Å². The summed E-state index contributed by atoms with van der Waals surface area (Å²) in [4.78, 5) is 48.3. The van der Waals surface area contributed by atoms with Crippen LogP contribution in [-0.4, -0.2) is 59.6 Å². The summed E-state index contributed by atoms with van der Waals surface area (Å²) in [5.41, 5.74) is 0. The van der Waals surface area contributed by atoms with Crippen LogP contribution in [0.1, 0.15) is 13.8 Å². The van der Waals surface area contributed by atoms with Crippen molar-refractivity contribution in [2.45, 2.75) is 26.2 Å². The molecule has 6 amide bonds. The van der Waals surface area contributed by atoms with Gasteiger partial charge < -0.3 is 20.1 Å². The Labute approximate surface area is 114 Å². The summed E-state index contributed by atoms with van der Waals surface area (Å²) < 4.78 is 9.47. The number of nitrogens with zero attached hydrogens (tertiary/aromatic N) is 2. The van der Waals surface area contributed by atoms with Crippen molar-refractivity contribution in [2.24, 2.45) is 0 Å². The van der Waals surface area contributed by atoms with E-state index in [-0.39, 0.29) is 13.2 Å².